The first-order valence-corrected chi connectivity index (χ1v) is 9.88. The number of aromatic amines is 1. The SMILES string of the molecule is CC/C=C/c1nc(C(C)(F)F)nn1Cc1ccc(-c2ccccc2-c2nnn[nH]2)cc1. The average Bonchev–Trinajstić information content (AvgIpc) is 3.43. The van der Waals surface area contributed by atoms with Crippen molar-refractivity contribution in [2.45, 2.75) is 32.7 Å². The number of halogens is 2. The predicted molar refractivity (Wildman–Crippen MR) is 113 cm³/mol. The molecule has 0 aliphatic rings. The zero-order valence-corrected chi connectivity index (χ0v) is 17.1. The number of H-pyrrole nitrogens is 1. The average molecular weight is 421 g/mol. The van der Waals surface area contributed by atoms with Crippen molar-refractivity contribution in [1.29, 1.82) is 0 Å². The lowest BCUT2D eigenvalue weighted by Gasteiger charge is -2.09. The first-order valence-electron chi connectivity index (χ1n) is 9.88. The van der Waals surface area contributed by atoms with Crippen LogP contribution in [0, 0.1) is 0 Å². The molecule has 9 heteroatoms. The monoisotopic (exact) mass is 421 g/mol. The van der Waals surface area contributed by atoms with Gasteiger partial charge in [0.05, 0.1) is 6.54 Å². The van der Waals surface area contributed by atoms with Gasteiger partial charge < -0.3 is 0 Å². The summed E-state index contributed by atoms with van der Waals surface area (Å²) in [4.78, 5) is 4.01. The van der Waals surface area contributed by atoms with E-state index < -0.39 is 11.7 Å². The van der Waals surface area contributed by atoms with Crippen molar-refractivity contribution in [3.8, 4) is 22.5 Å². The van der Waals surface area contributed by atoms with E-state index in [-0.39, 0.29) is 0 Å². The molecule has 0 saturated carbocycles. The third kappa shape index (κ3) is 4.55. The van der Waals surface area contributed by atoms with Gasteiger partial charge in [0.25, 0.3) is 0 Å². The molecule has 0 atom stereocenters. The summed E-state index contributed by atoms with van der Waals surface area (Å²) in [6, 6.07) is 15.7. The molecule has 0 aliphatic carbocycles. The van der Waals surface area contributed by atoms with Crippen LogP contribution in [0.1, 0.15) is 37.5 Å². The molecule has 2 heterocycles. The number of nitrogens with one attached hydrogen (secondary N) is 1. The maximum absolute atomic E-state index is 13.7. The van der Waals surface area contributed by atoms with Gasteiger partial charge in [-0.1, -0.05) is 61.5 Å². The first kappa shape index (κ1) is 20.5. The molecule has 0 unspecified atom stereocenters. The highest BCUT2D eigenvalue weighted by Gasteiger charge is 2.30. The fourth-order valence-corrected chi connectivity index (χ4v) is 3.18. The highest BCUT2D eigenvalue weighted by Crippen LogP contribution is 2.30. The van der Waals surface area contributed by atoms with Crippen LogP contribution < -0.4 is 0 Å². The molecule has 31 heavy (non-hydrogen) atoms. The molecule has 4 aromatic rings. The third-order valence-electron chi connectivity index (χ3n) is 4.72. The summed E-state index contributed by atoms with van der Waals surface area (Å²) in [5.41, 5.74) is 3.77. The van der Waals surface area contributed by atoms with Gasteiger partial charge in [-0.25, -0.2) is 14.8 Å². The third-order valence-corrected chi connectivity index (χ3v) is 4.72. The molecule has 0 spiro atoms. The second-order valence-electron chi connectivity index (χ2n) is 7.14. The number of benzene rings is 2. The summed E-state index contributed by atoms with van der Waals surface area (Å²) in [6.07, 6.45) is 4.37. The molecular weight excluding hydrogens is 400 g/mol. The van der Waals surface area contributed by atoms with Crippen molar-refractivity contribution in [2.75, 3.05) is 0 Å². The lowest BCUT2D eigenvalue weighted by molar-refractivity contribution is 0.00759. The molecule has 0 saturated heterocycles. The number of rotatable bonds is 7. The zero-order valence-electron chi connectivity index (χ0n) is 17.1. The number of hydrogen-bond acceptors (Lipinski definition) is 5. The smallest absolute Gasteiger partial charge is 0.241 e. The van der Waals surface area contributed by atoms with Crippen molar-refractivity contribution in [3.05, 3.63) is 71.8 Å². The van der Waals surface area contributed by atoms with Gasteiger partial charge in [-0.15, -0.1) is 10.2 Å². The van der Waals surface area contributed by atoms with Crippen molar-refractivity contribution in [3.63, 3.8) is 0 Å². The Labute approximate surface area is 177 Å². The summed E-state index contributed by atoms with van der Waals surface area (Å²) in [6.45, 7) is 3.11. The van der Waals surface area contributed by atoms with E-state index in [1.54, 1.807) is 6.08 Å². The molecule has 2 aromatic heterocycles. The second-order valence-corrected chi connectivity index (χ2v) is 7.14. The first-order chi connectivity index (χ1) is 15.0. The van der Waals surface area contributed by atoms with Gasteiger partial charge in [0.1, 0.15) is 0 Å². The van der Waals surface area contributed by atoms with E-state index in [4.69, 9.17) is 0 Å². The number of tetrazole rings is 1. The van der Waals surface area contributed by atoms with Gasteiger partial charge in [-0.3, -0.25) is 0 Å². The highest BCUT2D eigenvalue weighted by molar-refractivity contribution is 5.80. The van der Waals surface area contributed by atoms with Crippen LogP contribution in [0.25, 0.3) is 28.6 Å². The minimum absolute atomic E-state index is 0.334. The Kier molecular flexibility index (Phi) is 5.66. The van der Waals surface area contributed by atoms with Crippen LogP contribution in [0.15, 0.2) is 54.6 Å². The van der Waals surface area contributed by atoms with E-state index in [1.165, 1.54) is 4.68 Å². The van der Waals surface area contributed by atoms with Crippen molar-refractivity contribution < 1.29 is 8.78 Å². The molecule has 1 N–H and O–H groups in total. The van der Waals surface area contributed by atoms with E-state index in [1.807, 2.05) is 61.5 Å². The summed E-state index contributed by atoms with van der Waals surface area (Å²) in [7, 11) is 0. The zero-order chi connectivity index (χ0) is 21.8. The Balaban J connectivity index is 1.62. The van der Waals surface area contributed by atoms with Crippen LogP contribution in [0.2, 0.25) is 0 Å². The minimum atomic E-state index is -3.09. The largest absolute Gasteiger partial charge is 0.305 e. The van der Waals surface area contributed by atoms with Gasteiger partial charge in [-0.05, 0) is 39.6 Å². The molecule has 0 bridgehead atoms. The lowest BCUT2D eigenvalue weighted by Crippen LogP contribution is -2.11. The van der Waals surface area contributed by atoms with Crippen molar-refractivity contribution in [2.24, 2.45) is 0 Å². The van der Waals surface area contributed by atoms with E-state index >= 15 is 0 Å². The van der Waals surface area contributed by atoms with Crippen LogP contribution in [0.3, 0.4) is 0 Å². The quantitative estimate of drug-likeness (QED) is 0.467. The van der Waals surface area contributed by atoms with E-state index in [0.29, 0.717) is 18.2 Å². The second kappa shape index (κ2) is 8.55. The summed E-state index contributed by atoms with van der Waals surface area (Å²) < 4.78 is 29.0. The standard InChI is InChI=1S/C22H21F2N7/c1-3-4-9-19-25-21(22(2,23)24)28-31(19)14-15-10-12-16(13-11-15)17-7-5-6-8-18(17)20-26-29-30-27-20/h4-13H,3,14H2,1-2H3,(H,26,27,29,30)/b9-4+. The van der Waals surface area contributed by atoms with Gasteiger partial charge in [0, 0.05) is 12.5 Å². The molecule has 0 amide bonds. The van der Waals surface area contributed by atoms with Crippen LogP contribution >= 0.6 is 0 Å². The Morgan fingerprint density at radius 2 is 1.81 bits per heavy atom. The van der Waals surface area contributed by atoms with Gasteiger partial charge in [0.15, 0.2) is 11.6 Å². The molecule has 0 aliphatic heterocycles. The Morgan fingerprint density at radius 1 is 1.06 bits per heavy atom. The topological polar surface area (TPSA) is 85.2 Å². The maximum Gasteiger partial charge on any atom is 0.305 e. The van der Waals surface area contributed by atoms with Crippen LogP contribution in [-0.2, 0) is 12.5 Å². The number of alkyl halides is 2. The molecule has 0 fully saturated rings. The van der Waals surface area contributed by atoms with Gasteiger partial charge in [-0.2, -0.15) is 8.78 Å². The fourth-order valence-electron chi connectivity index (χ4n) is 3.18. The van der Waals surface area contributed by atoms with Crippen molar-refractivity contribution >= 4 is 6.08 Å². The highest BCUT2D eigenvalue weighted by atomic mass is 19.3. The van der Waals surface area contributed by atoms with Gasteiger partial charge in [0.2, 0.25) is 5.82 Å². The lowest BCUT2D eigenvalue weighted by atomic mass is 9.98. The molecule has 0 radical (unpaired) electrons. The molecule has 158 valence electrons. The molecule has 4 rings (SSSR count). The number of aromatic nitrogens is 7. The molecule has 7 nitrogen and oxygen atoms in total. The Hall–Kier alpha value is -3.75. The number of allylic oxidation sites excluding steroid dienone is 1. The normalized spacial score (nSPS) is 12.0. The minimum Gasteiger partial charge on any atom is -0.241 e. The Morgan fingerprint density at radius 3 is 2.45 bits per heavy atom. The van der Waals surface area contributed by atoms with E-state index in [9.17, 15) is 8.78 Å². The van der Waals surface area contributed by atoms with Crippen LogP contribution in [-0.4, -0.2) is 35.4 Å². The predicted octanol–water partition coefficient (Wildman–Crippen LogP) is 4.71. The van der Waals surface area contributed by atoms with Crippen LogP contribution in [0.4, 0.5) is 8.78 Å². The summed E-state index contributed by atoms with van der Waals surface area (Å²) in [5, 5.41) is 18.1. The number of nitrogens with zero attached hydrogens (tertiary/aromatic N) is 6. The maximum atomic E-state index is 13.7. The number of hydrogen-bond donors (Lipinski definition) is 1. The Bertz CT molecular complexity index is 1170. The van der Waals surface area contributed by atoms with Gasteiger partial charge >= 0.3 is 5.92 Å². The summed E-state index contributed by atoms with van der Waals surface area (Å²) in [5.74, 6) is -2.58. The van der Waals surface area contributed by atoms with E-state index in [0.717, 1.165) is 35.6 Å². The molecule has 2 aromatic carbocycles. The van der Waals surface area contributed by atoms with Crippen LogP contribution in [0.5, 0.6) is 0 Å². The summed E-state index contributed by atoms with van der Waals surface area (Å²) >= 11 is 0. The molecular formula is C22H21F2N7. The van der Waals surface area contributed by atoms with E-state index in [2.05, 4.69) is 30.7 Å². The van der Waals surface area contributed by atoms with Crippen molar-refractivity contribution in [1.82, 2.24) is 35.4 Å². The fraction of sp³-hybridized carbons (Fsp3) is 0.227.